The quantitative estimate of drug-likeness (QED) is 0.547. The van der Waals surface area contributed by atoms with Gasteiger partial charge in [-0.1, -0.05) is 26.8 Å². The molecule has 1 aliphatic rings. The third-order valence-electron chi connectivity index (χ3n) is 2.38. The predicted octanol–water partition coefficient (Wildman–Crippen LogP) is 2.96. The minimum Gasteiger partial charge on any atom is -0.294 e. The van der Waals surface area contributed by atoms with Crippen molar-refractivity contribution in [1.82, 2.24) is 0 Å². The van der Waals surface area contributed by atoms with Gasteiger partial charge in [0.15, 0.2) is 5.78 Å². The van der Waals surface area contributed by atoms with Gasteiger partial charge in [-0.15, -0.1) is 0 Å². The highest BCUT2D eigenvalue weighted by Crippen LogP contribution is 2.25. The summed E-state index contributed by atoms with van der Waals surface area (Å²) in [6.07, 6.45) is 5.39. The zero-order valence-electron chi connectivity index (χ0n) is 8.26. The largest absolute Gasteiger partial charge is 0.294 e. The van der Waals surface area contributed by atoms with E-state index in [1.54, 1.807) is 0 Å². The molecule has 0 radical (unpaired) electrons. The summed E-state index contributed by atoms with van der Waals surface area (Å²) < 4.78 is 0. The van der Waals surface area contributed by atoms with Gasteiger partial charge < -0.3 is 0 Å². The second-order valence-corrected chi connectivity index (χ2v) is 4.09. The maximum atomic E-state index is 11.6. The Labute approximate surface area is 74.9 Å². The van der Waals surface area contributed by atoms with E-state index in [0.717, 1.165) is 18.4 Å². The summed E-state index contributed by atoms with van der Waals surface area (Å²) in [6, 6.07) is 0. The molecule has 0 aromatic heterocycles. The molecule has 1 rings (SSSR count). The summed E-state index contributed by atoms with van der Waals surface area (Å²) in [5.41, 5.74) is 1.07. The van der Waals surface area contributed by atoms with Crippen LogP contribution in [0.15, 0.2) is 11.6 Å². The van der Waals surface area contributed by atoms with E-state index >= 15 is 0 Å². The van der Waals surface area contributed by atoms with Crippen molar-refractivity contribution in [3.63, 3.8) is 0 Å². The van der Waals surface area contributed by atoms with E-state index in [1.165, 1.54) is 6.42 Å². The summed E-state index contributed by atoms with van der Waals surface area (Å²) in [7, 11) is 0. The molecule has 0 saturated heterocycles. The lowest BCUT2D eigenvalue weighted by Crippen LogP contribution is -2.19. The zero-order chi connectivity index (χ0) is 9.14. The van der Waals surface area contributed by atoms with Crippen LogP contribution in [0.1, 0.15) is 40.0 Å². The van der Waals surface area contributed by atoms with Crippen LogP contribution in [0.4, 0.5) is 0 Å². The van der Waals surface area contributed by atoms with Gasteiger partial charge >= 0.3 is 0 Å². The van der Waals surface area contributed by atoms with Gasteiger partial charge in [-0.2, -0.15) is 0 Å². The van der Waals surface area contributed by atoms with Crippen LogP contribution in [0, 0.1) is 11.8 Å². The molecule has 0 N–H and O–H groups in total. The molecule has 0 aromatic carbocycles. The Kier molecular flexibility index (Phi) is 3.07. The second kappa shape index (κ2) is 3.88. The van der Waals surface area contributed by atoms with Gasteiger partial charge in [0.2, 0.25) is 0 Å². The first-order valence-electron chi connectivity index (χ1n) is 4.86. The van der Waals surface area contributed by atoms with E-state index in [4.69, 9.17) is 0 Å². The first-order valence-corrected chi connectivity index (χ1v) is 4.86. The number of Topliss-reactive ketones (excluding diaryl/α,β-unsaturated/α-hetero) is 1. The maximum absolute atomic E-state index is 11.6. The number of ketones is 1. The lowest BCUT2D eigenvalue weighted by molar-refractivity contribution is -0.119. The van der Waals surface area contributed by atoms with Gasteiger partial charge in [0.25, 0.3) is 0 Å². The molecule has 0 bridgehead atoms. The third kappa shape index (κ3) is 2.20. The minimum absolute atomic E-state index is 0.267. The molecule has 1 aliphatic carbocycles. The van der Waals surface area contributed by atoms with Gasteiger partial charge in [0.05, 0.1) is 0 Å². The van der Waals surface area contributed by atoms with E-state index in [-0.39, 0.29) is 5.92 Å². The molecule has 0 spiro atoms. The van der Waals surface area contributed by atoms with E-state index < -0.39 is 0 Å². The first kappa shape index (κ1) is 9.50. The number of carbonyl (C=O) groups is 1. The molecule has 1 heteroatoms. The SMILES string of the molecule is CC(C)/C=C1\CCCC(C)C1=O. The van der Waals surface area contributed by atoms with Crippen LogP contribution in [-0.4, -0.2) is 5.78 Å². The van der Waals surface area contributed by atoms with Gasteiger partial charge in [-0.3, -0.25) is 4.79 Å². The predicted molar refractivity (Wildman–Crippen MR) is 50.9 cm³/mol. The molecule has 1 saturated carbocycles. The Morgan fingerprint density at radius 2 is 2.17 bits per heavy atom. The number of carbonyl (C=O) groups excluding carboxylic acids is 1. The Bertz CT molecular complexity index is 201. The van der Waals surface area contributed by atoms with Crippen molar-refractivity contribution in [3.8, 4) is 0 Å². The number of hydrogen-bond acceptors (Lipinski definition) is 1. The number of allylic oxidation sites excluding steroid dienone is 2. The van der Waals surface area contributed by atoms with Gasteiger partial charge in [-0.05, 0) is 30.8 Å². The number of rotatable bonds is 1. The first-order chi connectivity index (χ1) is 5.61. The molecule has 1 unspecified atom stereocenters. The van der Waals surface area contributed by atoms with Crippen molar-refractivity contribution in [2.24, 2.45) is 11.8 Å². The van der Waals surface area contributed by atoms with Gasteiger partial charge in [-0.25, -0.2) is 0 Å². The van der Waals surface area contributed by atoms with E-state index in [9.17, 15) is 4.79 Å². The maximum Gasteiger partial charge on any atom is 0.161 e. The van der Waals surface area contributed by atoms with Gasteiger partial charge in [0, 0.05) is 5.92 Å². The average molecular weight is 166 g/mol. The highest BCUT2D eigenvalue weighted by Gasteiger charge is 2.22. The van der Waals surface area contributed by atoms with Crippen molar-refractivity contribution >= 4 is 5.78 Å². The fraction of sp³-hybridized carbons (Fsp3) is 0.727. The molecular formula is C11H18O. The average Bonchev–Trinajstić information content (AvgIpc) is 1.98. The van der Waals surface area contributed by atoms with Crippen molar-refractivity contribution in [2.45, 2.75) is 40.0 Å². The van der Waals surface area contributed by atoms with Crippen molar-refractivity contribution in [3.05, 3.63) is 11.6 Å². The van der Waals surface area contributed by atoms with Crippen molar-refractivity contribution in [2.75, 3.05) is 0 Å². The van der Waals surface area contributed by atoms with Crippen LogP contribution in [0.5, 0.6) is 0 Å². The Morgan fingerprint density at radius 3 is 2.75 bits per heavy atom. The van der Waals surface area contributed by atoms with Crippen LogP contribution >= 0.6 is 0 Å². The minimum atomic E-state index is 0.267. The molecule has 0 amide bonds. The summed E-state index contributed by atoms with van der Waals surface area (Å²) >= 11 is 0. The normalized spacial score (nSPS) is 28.5. The van der Waals surface area contributed by atoms with Crippen LogP contribution in [-0.2, 0) is 4.79 Å². The van der Waals surface area contributed by atoms with Crippen LogP contribution in [0.3, 0.4) is 0 Å². The topological polar surface area (TPSA) is 17.1 Å². The molecule has 68 valence electrons. The molecule has 0 aliphatic heterocycles. The molecule has 12 heavy (non-hydrogen) atoms. The second-order valence-electron chi connectivity index (χ2n) is 4.09. The summed E-state index contributed by atoms with van der Waals surface area (Å²) in [5, 5.41) is 0. The Morgan fingerprint density at radius 1 is 1.50 bits per heavy atom. The highest BCUT2D eigenvalue weighted by molar-refractivity contribution is 5.97. The van der Waals surface area contributed by atoms with Crippen LogP contribution in [0.25, 0.3) is 0 Å². The molecule has 0 aromatic rings. The fourth-order valence-corrected chi connectivity index (χ4v) is 1.74. The van der Waals surface area contributed by atoms with Crippen LogP contribution < -0.4 is 0 Å². The van der Waals surface area contributed by atoms with E-state index in [2.05, 4.69) is 19.9 Å². The van der Waals surface area contributed by atoms with E-state index in [0.29, 0.717) is 11.7 Å². The summed E-state index contributed by atoms with van der Waals surface area (Å²) in [6.45, 7) is 6.29. The molecular weight excluding hydrogens is 148 g/mol. The van der Waals surface area contributed by atoms with E-state index in [1.807, 2.05) is 6.92 Å². The highest BCUT2D eigenvalue weighted by atomic mass is 16.1. The van der Waals surface area contributed by atoms with Crippen LogP contribution in [0.2, 0.25) is 0 Å². The van der Waals surface area contributed by atoms with Crippen molar-refractivity contribution < 1.29 is 4.79 Å². The lowest BCUT2D eigenvalue weighted by atomic mass is 9.84. The monoisotopic (exact) mass is 166 g/mol. The lowest BCUT2D eigenvalue weighted by Gasteiger charge is -2.19. The summed E-state index contributed by atoms with van der Waals surface area (Å²) in [5.74, 6) is 1.16. The summed E-state index contributed by atoms with van der Waals surface area (Å²) in [4.78, 5) is 11.6. The Hall–Kier alpha value is -0.590. The molecule has 0 heterocycles. The van der Waals surface area contributed by atoms with Gasteiger partial charge in [0.1, 0.15) is 0 Å². The molecule has 1 atom stereocenters. The smallest absolute Gasteiger partial charge is 0.161 e. The standard InChI is InChI=1S/C11H18O/c1-8(2)7-10-6-4-5-9(3)11(10)12/h7-9H,4-6H2,1-3H3/b10-7+. The fourth-order valence-electron chi connectivity index (χ4n) is 1.74. The molecule has 1 nitrogen and oxygen atoms in total. The van der Waals surface area contributed by atoms with Crippen molar-refractivity contribution in [1.29, 1.82) is 0 Å². The number of hydrogen-bond donors (Lipinski definition) is 0. The Balaban J connectivity index is 2.70. The zero-order valence-corrected chi connectivity index (χ0v) is 8.26. The third-order valence-corrected chi connectivity index (χ3v) is 2.38. The molecule has 1 fully saturated rings.